The number of hydrogen-bond acceptors (Lipinski definition) is 6. The molecular formula is C16H21N5O2S. The largest absolute Gasteiger partial charge is 0.264 e. The van der Waals surface area contributed by atoms with Crippen LogP contribution in [-0.4, -0.2) is 41.5 Å². The van der Waals surface area contributed by atoms with Gasteiger partial charge in [-0.3, -0.25) is 10.4 Å². The van der Waals surface area contributed by atoms with Crippen molar-refractivity contribution >= 4 is 21.6 Å². The number of nitrogens with one attached hydrogen (secondary N) is 1. The fourth-order valence-corrected chi connectivity index (χ4v) is 3.50. The van der Waals surface area contributed by atoms with E-state index in [1.807, 2.05) is 19.1 Å². The zero-order chi connectivity index (χ0) is 17.6. The third kappa shape index (κ3) is 4.15. The lowest BCUT2D eigenvalue weighted by Gasteiger charge is -2.18. The van der Waals surface area contributed by atoms with Crippen LogP contribution >= 0.6 is 0 Å². The van der Waals surface area contributed by atoms with Crippen molar-refractivity contribution < 1.29 is 8.42 Å². The van der Waals surface area contributed by atoms with Crippen LogP contribution in [0.1, 0.15) is 26.3 Å². The van der Waals surface area contributed by atoms with Crippen LogP contribution in [0.25, 0.3) is 0 Å². The standard InChI is InChI=1S/C16H21N5O2S/c1-4-21(5-2)24(22,23)15-8-9-16(18-12-15)20-19-13(3)14-7-6-10-17-11-14/h6-12H,4-5H2,1-3H3,(H,18,20)/b19-13-. The van der Waals surface area contributed by atoms with Crippen LogP contribution in [0.2, 0.25) is 0 Å². The van der Waals surface area contributed by atoms with Gasteiger partial charge in [-0.2, -0.15) is 9.41 Å². The van der Waals surface area contributed by atoms with Gasteiger partial charge in [-0.1, -0.05) is 19.9 Å². The third-order valence-corrected chi connectivity index (χ3v) is 5.53. The highest BCUT2D eigenvalue weighted by molar-refractivity contribution is 7.89. The molecule has 2 heterocycles. The molecule has 0 aliphatic carbocycles. The van der Waals surface area contributed by atoms with Crippen molar-refractivity contribution in [3.63, 3.8) is 0 Å². The minimum Gasteiger partial charge on any atom is -0.264 e. The fraction of sp³-hybridized carbons (Fsp3) is 0.312. The summed E-state index contributed by atoms with van der Waals surface area (Å²) in [4.78, 5) is 8.33. The molecule has 0 aliphatic rings. The second kappa shape index (κ2) is 7.98. The van der Waals surface area contributed by atoms with Gasteiger partial charge in [0.05, 0.1) is 5.71 Å². The van der Waals surface area contributed by atoms with Crippen LogP contribution in [-0.2, 0) is 10.0 Å². The minimum absolute atomic E-state index is 0.171. The molecule has 0 saturated heterocycles. The molecule has 0 aliphatic heterocycles. The zero-order valence-corrected chi connectivity index (χ0v) is 14.8. The maximum atomic E-state index is 12.4. The summed E-state index contributed by atoms with van der Waals surface area (Å²) < 4.78 is 26.2. The molecule has 0 aromatic carbocycles. The molecule has 0 spiro atoms. The normalized spacial score (nSPS) is 12.4. The van der Waals surface area contributed by atoms with Crippen molar-refractivity contribution in [3.05, 3.63) is 48.4 Å². The summed E-state index contributed by atoms with van der Waals surface area (Å²) in [5, 5.41) is 4.23. The molecule has 2 aromatic heterocycles. The van der Waals surface area contributed by atoms with E-state index >= 15 is 0 Å². The summed E-state index contributed by atoms with van der Waals surface area (Å²) in [6.07, 6.45) is 4.75. The average molecular weight is 347 g/mol. The van der Waals surface area contributed by atoms with Crippen LogP contribution in [0.3, 0.4) is 0 Å². The van der Waals surface area contributed by atoms with Gasteiger partial charge in [0.1, 0.15) is 10.7 Å². The highest BCUT2D eigenvalue weighted by Crippen LogP contribution is 2.16. The van der Waals surface area contributed by atoms with Crippen molar-refractivity contribution in [2.45, 2.75) is 25.7 Å². The molecule has 0 atom stereocenters. The molecule has 0 saturated carbocycles. The fourth-order valence-electron chi connectivity index (χ4n) is 2.09. The van der Waals surface area contributed by atoms with Gasteiger partial charge in [0.25, 0.3) is 0 Å². The van der Waals surface area contributed by atoms with E-state index in [0.717, 1.165) is 11.3 Å². The van der Waals surface area contributed by atoms with Crippen LogP contribution in [0, 0.1) is 0 Å². The Bertz CT molecular complexity index is 785. The lowest BCUT2D eigenvalue weighted by atomic mass is 10.2. The van der Waals surface area contributed by atoms with Crippen LogP contribution in [0.15, 0.2) is 52.9 Å². The number of nitrogens with zero attached hydrogens (tertiary/aromatic N) is 4. The third-order valence-electron chi connectivity index (χ3n) is 3.50. The lowest BCUT2D eigenvalue weighted by Crippen LogP contribution is -2.30. The molecule has 0 amide bonds. The van der Waals surface area contributed by atoms with Crippen LogP contribution in [0.5, 0.6) is 0 Å². The quantitative estimate of drug-likeness (QED) is 0.613. The van der Waals surface area contributed by atoms with E-state index in [2.05, 4.69) is 20.5 Å². The number of sulfonamides is 1. The Morgan fingerprint density at radius 3 is 2.50 bits per heavy atom. The Hall–Kier alpha value is -2.32. The highest BCUT2D eigenvalue weighted by Gasteiger charge is 2.21. The van der Waals surface area contributed by atoms with Gasteiger partial charge in [-0.05, 0) is 25.1 Å². The van der Waals surface area contributed by atoms with E-state index in [-0.39, 0.29) is 4.90 Å². The van der Waals surface area contributed by atoms with E-state index < -0.39 is 10.0 Å². The number of rotatable bonds is 7. The number of pyridine rings is 2. The van der Waals surface area contributed by atoms with Crippen molar-refractivity contribution in [2.24, 2.45) is 5.10 Å². The van der Waals surface area contributed by atoms with E-state index in [1.54, 1.807) is 32.3 Å². The number of hydrazone groups is 1. The Balaban J connectivity index is 2.13. The smallest absolute Gasteiger partial charge is 0.244 e. The van der Waals surface area contributed by atoms with Crippen LogP contribution < -0.4 is 5.43 Å². The molecule has 0 unspecified atom stereocenters. The highest BCUT2D eigenvalue weighted by atomic mass is 32.2. The number of anilines is 1. The molecule has 24 heavy (non-hydrogen) atoms. The molecule has 0 bridgehead atoms. The monoisotopic (exact) mass is 347 g/mol. The molecule has 7 nitrogen and oxygen atoms in total. The Morgan fingerprint density at radius 2 is 1.96 bits per heavy atom. The first-order valence-corrected chi connectivity index (χ1v) is 9.10. The molecule has 0 fully saturated rings. The predicted molar refractivity (Wildman–Crippen MR) is 94.4 cm³/mol. The van der Waals surface area contributed by atoms with E-state index in [9.17, 15) is 8.42 Å². The first-order chi connectivity index (χ1) is 11.5. The SMILES string of the molecule is CCN(CC)S(=O)(=O)c1ccc(N/N=C(/C)c2cccnc2)nc1. The van der Waals surface area contributed by atoms with Gasteiger partial charge in [-0.25, -0.2) is 13.4 Å². The first-order valence-electron chi connectivity index (χ1n) is 7.66. The van der Waals surface area contributed by atoms with Gasteiger partial charge in [0, 0.05) is 37.2 Å². The summed E-state index contributed by atoms with van der Waals surface area (Å²) in [7, 11) is -3.49. The summed E-state index contributed by atoms with van der Waals surface area (Å²) in [5.41, 5.74) is 4.47. The summed E-state index contributed by atoms with van der Waals surface area (Å²) >= 11 is 0. The summed E-state index contributed by atoms with van der Waals surface area (Å²) in [6, 6.07) is 6.86. The van der Waals surface area contributed by atoms with Gasteiger partial charge >= 0.3 is 0 Å². The molecule has 128 valence electrons. The molecule has 1 N–H and O–H groups in total. The van der Waals surface area contributed by atoms with E-state index in [4.69, 9.17) is 0 Å². The molecular weight excluding hydrogens is 326 g/mol. The van der Waals surface area contributed by atoms with Crippen LogP contribution in [0.4, 0.5) is 5.82 Å². The summed E-state index contributed by atoms with van der Waals surface area (Å²) in [5.74, 6) is 0.469. The molecule has 8 heteroatoms. The topological polar surface area (TPSA) is 87.5 Å². The Labute approximate surface area is 142 Å². The second-order valence-electron chi connectivity index (χ2n) is 5.02. The Morgan fingerprint density at radius 1 is 1.21 bits per heavy atom. The number of aromatic nitrogens is 2. The van der Waals surface area contributed by atoms with Gasteiger partial charge in [-0.15, -0.1) is 0 Å². The summed E-state index contributed by atoms with van der Waals surface area (Å²) in [6.45, 7) is 6.31. The van der Waals surface area contributed by atoms with Gasteiger partial charge in [0.2, 0.25) is 10.0 Å². The van der Waals surface area contributed by atoms with Gasteiger partial charge < -0.3 is 0 Å². The second-order valence-corrected chi connectivity index (χ2v) is 6.96. The number of hydrogen-bond donors (Lipinski definition) is 1. The molecule has 0 radical (unpaired) electrons. The van der Waals surface area contributed by atoms with Gasteiger partial charge in [0.15, 0.2) is 0 Å². The van der Waals surface area contributed by atoms with Crippen molar-refractivity contribution in [1.29, 1.82) is 0 Å². The first kappa shape index (κ1) is 18.0. The Kier molecular flexibility index (Phi) is 5.99. The lowest BCUT2D eigenvalue weighted by molar-refractivity contribution is 0.445. The molecule has 2 rings (SSSR count). The zero-order valence-electron chi connectivity index (χ0n) is 14.0. The van der Waals surface area contributed by atoms with E-state index in [0.29, 0.717) is 18.9 Å². The maximum Gasteiger partial charge on any atom is 0.244 e. The van der Waals surface area contributed by atoms with Crippen molar-refractivity contribution in [2.75, 3.05) is 18.5 Å². The van der Waals surface area contributed by atoms with Crippen molar-refractivity contribution in [3.8, 4) is 0 Å². The maximum absolute atomic E-state index is 12.4. The minimum atomic E-state index is -3.49. The van der Waals surface area contributed by atoms with Crippen molar-refractivity contribution in [1.82, 2.24) is 14.3 Å². The molecule has 2 aromatic rings. The predicted octanol–water partition coefficient (Wildman–Crippen LogP) is 2.34. The average Bonchev–Trinajstić information content (AvgIpc) is 2.61. The van der Waals surface area contributed by atoms with E-state index in [1.165, 1.54) is 16.6 Å².